The van der Waals surface area contributed by atoms with E-state index in [-0.39, 0.29) is 17.3 Å². The second-order valence-electron chi connectivity index (χ2n) is 6.31. The molecule has 1 aromatic heterocycles. The van der Waals surface area contributed by atoms with E-state index in [0.717, 1.165) is 45.7 Å². The zero-order valence-electron chi connectivity index (χ0n) is 15.2. The second-order valence-corrected chi connectivity index (χ2v) is 6.31. The first-order valence-corrected chi connectivity index (χ1v) is 9.04. The summed E-state index contributed by atoms with van der Waals surface area (Å²) in [5.74, 6) is 0.750. The number of ether oxygens (including phenoxy) is 2. The molecule has 2 aromatic rings. The number of nitrogens with two attached hydrogens (primary N) is 2. The van der Waals surface area contributed by atoms with E-state index in [4.69, 9.17) is 20.9 Å². The van der Waals surface area contributed by atoms with Crippen LogP contribution in [0.2, 0.25) is 0 Å². The van der Waals surface area contributed by atoms with Crippen molar-refractivity contribution in [2.75, 3.05) is 50.9 Å². The van der Waals surface area contributed by atoms with Gasteiger partial charge in [-0.2, -0.15) is 10.2 Å². The quantitative estimate of drug-likeness (QED) is 0.707. The van der Waals surface area contributed by atoms with Gasteiger partial charge >= 0.3 is 0 Å². The standard InChI is InChI=1S/C19H24N6O2/c20-13-15-17(23-19(22)24-18(15)21)14-5-1-2-6-16(14)27-10-4-3-7-25-8-11-26-12-9-25/h1-2,5-6H,3-4,7-12H2,(H4,21,22,23,24). The predicted molar refractivity (Wildman–Crippen MR) is 103 cm³/mol. The number of para-hydroxylation sites is 1. The van der Waals surface area contributed by atoms with Gasteiger partial charge in [0.05, 0.1) is 25.5 Å². The highest BCUT2D eigenvalue weighted by molar-refractivity contribution is 5.77. The first-order chi connectivity index (χ1) is 13.2. The fourth-order valence-corrected chi connectivity index (χ4v) is 3.03. The van der Waals surface area contributed by atoms with Crippen molar-refractivity contribution in [1.29, 1.82) is 5.26 Å². The van der Waals surface area contributed by atoms with Gasteiger partial charge in [0.2, 0.25) is 5.95 Å². The van der Waals surface area contributed by atoms with Gasteiger partial charge in [-0.1, -0.05) is 12.1 Å². The number of unbranched alkanes of at least 4 members (excludes halogenated alkanes) is 1. The monoisotopic (exact) mass is 368 g/mol. The smallest absolute Gasteiger partial charge is 0.222 e. The average molecular weight is 368 g/mol. The van der Waals surface area contributed by atoms with Crippen LogP contribution in [0.15, 0.2) is 24.3 Å². The molecule has 0 radical (unpaired) electrons. The molecule has 8 heteroatoms. The topological polar surface area (TPSA) is 123 Å². The Labute approximate surface area is 158 Å². The summed E-state index contributed by atoms with van der Waals surface area (Å²) in [5.41, 5.74) is 12.8. The predicted octanol–water partition coefficient (Wildman–Crippen LogP) is 1.67. The Balaban J connectivity index is 1.64. The first kappa shape index (κ1) is 18.9. The highest BCUT2D eigenvalue weighted by Gasteiger charge is 2.17. The molecule has 27 heavy (non-hydrogen) atoms. The Morgan fingerprint density at radius 2 is 1.93 bits per heavy atom. The zero-order valence-corrected chi connectivity index (χ0v) is 15.2. The molecule has 0 spiro atoms. The molecular formula is C19H24N6O2. The summed E-state index contributed by atoms with van der Waals surface area (Å²) in [6.07, 6.45) is 1.99. The number of benzene rings is 1. The number of hydrogen-bond donors (Lipinski definition) is 2. The van der Waals surface area contributed by atoms with Gasteiger partial charge in [-0.15, -0.1) is 0 Å². The van der Waals surface area contributed by atoms with E-state index in [0.29, 0.717) is 23.6 Å². The van der Waals surface area contributed by atoms with E-state index >= 15 is 0 Å². The summed E-state index contributed by atoms with van der Waals surface area (Å²) < 4.78 is 11.3. The largest absolute Gasteiger partial charge is 0.493 e. The molecular weight excluding hydrogens is 344 g/mol. The molecule has 1 saturated heterocycles. The molecule has 0 atom stereocenters. The van der Waals surface area contributed by atoms with E-state index in [1.165, 1.54) is 0 Å². The van der Waals surface area contributed by atoms with Crippen molar-refractivity contribution in [1.82, 2.24) is 14.9 Å². The van der Waals surface area contributed by atoms with Crippen molar-refractivity contribution in [2.24, 2.45) is 0 Å². The van der Waals surface area contributed by atoms with Crippen molar-refractivity contribution < 1.29 is 9.47 Å². The average Bonchev–Trinajstić information content (AvgIpc) is 2.68. The van der Waals surface area contributed by atoms with E-state index in [1.54, 1.807) is 0 Å². The van der Waals surface area contributed by atoms with Crippen LogP contribution in [-0.4, -0.2) is 54.3 Å². The Bertz CT molecular complexity index is 814. The normalized spacial score (nSPS) is 14.6. The van der Waals surface area contributed by atoms with Gasteiger partial charge in [0.25, 0.3) is 0 Å². The van der Waals surface area contributed by atoms with Gasteiger partial charge in [-0.05, 0) is 31.5 Å². The molecule has 142 valence electrons. The van der Waals surface area contributed by atoms with Crippen LogP contribution in [0.25, 0.3) is 11.3 Å². The summed E-state index contributed by atoms with van der Waals surface area (Å²) in [7, 11) is 0. The van der Waals surface area contributed by atoms with Gasteiger partial charge in [-0.3, -0.25) is 4.90 Å². The first-order valence-electron chi connectivity index (χ1n) is 9.04. The third kappa shape index (κ3) is 4.84. The molecule has 1 fully saturated rings. The molecule has 4 N–H and O–H groups in total. The van der Waals surface area contributed by atoms with Crippen LogP contribution in [-0.2, 0) is 4.74 Å². The summed E-state index contributed by atoms with van der Waals surface area (Å²) in [5, 5.41) is 9.41. The minimum absolute atomic E-state index is 0.0295. The van der Waals surface area contributed by atoms with Crippen LogP contribution in [0.3, 0.4) is 0 Å². The summed E-state index contributed by atoms with van der Waals surface area (Å²) in [6.45, 7) is 5.26. The molecule has 8 nitrogen and oxygen atoms in total. The van der Waals surface area contributed by atoms with Crippen molar-refractivity contribution in [3.63, 3.8) is 0 Å². The SMILES string of the molecule is N#Cc1c(N)nc(N)nc1-c1ccccc1OCCCCN1CCOCC1. The number of nitrogen functional groups attached to an aromatic ring is 2. The highest BCUT2D eigenvalue weighted by Crippen LogP contribution is 2.32. The maximum absolute atomic E-state index is 9.41. The third-order valence-electron chi connectivity index (χ3n) is 4.44. The van der Waals surface area contributed by atoms with Crippen molar-refractivity contribution in [3.8, 4) is 23.1 Å². The van der Waals surface area contributed by atoms with Gasteiger partial charge in [0.15, 0.2) is 0 Å². The molecule has 1 aliphatic rings. The van der Waals surface area contributed by atoms with Crippen LogP contribution < -0.4 is 16.2 Å². The number of rotatable bonds is 7. The van der Waals surface area contributed by atoms with Crippen LogP contribution in [0, 0.1) is 11.3 Å². The zero-order chi connectivity index (χ0) is 19.1. The number of nitriles is 1. The number of hydrogen-bond acceptors (Lipinski definition) is 8. The lowest BCUT2D eigenvalue weighted by molar-refractivity contribution is 0.0368. The Morgan fingerprint density at radius 1 is 1.15 bits per heavy atom. The Kier molecular flexibility index (Phi) is 6.41. The lowest BCUT2D eigenvalue weighted by Gasteiger charge is -2.26. The maximum atomic E-state index is 9.41. The van der Waals surface area contributed by atoms with Gasteiger partial charge in [0, 0.05) is 18.7 Å². The van der Waals surface area contributed by atoms with Crippen LogP contribution >= 0.6 is 0 Å². The second kappa shape index (κ2) is 9.16. The molecule has 0 amide bonds. The van der Waals surface area contributed by atoms with Crippen LogP contribution in [0.4, 0.5) is 11.8 Å². The lowest BCUT2D eigenvalue weighted by Crippen LogP contribution is -2.36. The Morgan fingerprint density at radius 3 is 2.70 bits per heavy atom. The highest BCUT2D eigenvalue weighted by atomic mass is 16.5. The van der Waals surface area contributed by atoms with E-state index < -0.39 is 0 Å². The molecule has 0 bridgehead atoms. The van der Waals surface area contributed by atoms with Gasteiger partial charge in [0.1, 0.15) is 23.2 Å². The van der Waals surface area contributed by atoms with Crippen molar-refractivity contribution >= 4 is 11.8 Å². The molecule has 2 heterocycles. The van der Waals surface area contributed by atoms with Gasteiger partial charge < -0.3 is 20.9 Å². The fourth-order valence-electron chi connectivity index (χ4n) is 3.03. The van der Waals surface area contributed by atoms with Crippen LogP contribution in [0.5, 0.6) is 5.75 Å². The summed E-state index contributed by atoms with van der Waals surface area (Å²) in [6, 6.07) is 9.48. The molecule has 1 aromatic carbocycles. The summed E-state index contributed by atoms with van der Waals surface area (Å²) >= 11 is 0. The minimum atomic E-state index is 0.0295. The number of aromatic nitrogens is 2. The van der Waals surface area contributed by atoms with E-state index in [2.05, 4.69) is 20.9 Å². The molecule has 3 rings (SSSR count). The number of morpholine rings is 1. The van der Waals surface area contributed by atoms with Gasteiger partial charge in [-0.25, -0.2) is 4.98 Å². The fraction of sp³-hybridized carbons (Fsp3) is 0.421. The summed E-state index contributed by atoms with van der Waals surface area (Å²) in [4.78, 5) is 10.5. The molecule has 0 unspecified atom stereocenters. The molecule has 1 aliphatic heterocycles. The number of nitrogens with zero attached hydrogens (tertiary/aromatic N) is 4. The van der Waals surface area contributed by atoms with E-state index in [9.17, 15) is 5.26 Å². The van der Waals surface area contributed by atoms with Crippen molar-refractivity contribution in [2.45, 2.75) is 12.8 Å². The lowest BCUT2D eigenvalue weighted by atomic mass is 10.1. The Hall–Kier alpha value is -2.89. The van der Waals surface area contributed by atoms with E-state index in [1.807, 2.05) is 24.3 Å². The molecule has 0 saturated carbocycles. The minimum Gasteiger partial charge on any atom is -0.493 e. The maximum Gasteiger partial charge on any atom is 0.222 e. The van der Waals surface area contributed by atoms with Crippen LogP contribution in [0.1, 0.15) is 18.4 Å². The van der Waals surface area contributed by atoms with Crippen molar-refractivity contribution in [3.05, 3.63) is 29.8 Å². The number of anilines is 2. The third-order valence-corrected chi connectivity index (χ3v) is 4.44. The molecule has 0 aliphatic carbocycles.